The van der Waals surface area contributed by atoms with Gasteiger partial charge in [-0.2, -0.15) is 0 Å². The number of rotatable bonds is 5. The minimum Gasteiger partial charge on any atom is -0.364 e. The fraction of sp³-hybridized carbons (Fsp3) is 0.667. The lowest BCUT2D eigenvalue weighted by Gasteiger charge is -2.04. The first-order valence-electron chi connectivity index (χ1n) is 4.51. The summed E-state index contributed by atoms with van der Waals surface area (Å²) in [6.07, 6.45) is 5.56. The lowest BCUT2D eigenvalue weighted by molar-refractivity contribution is 0.131. The van der Waals surface area contributed by atoms with Gasteiger partial charge in [-0.25, -0.2) is 4.98 Å². The zero-order chi connectivity index (χ0) is 9.68. The first kappa shape index (κ1) is 10.2. The van der Waals surface area contributed by atoms with Crippen LogP contribution in [0.15, 0.2) is 12.5 Å². The summed E-state index contributed by atoms with van der Waals surface area (Å²) in [7, 11) is 1.66. The fourth-order valence-corrected chi connectivity index (χ4v) is 1.14. The normalized spacial score (nSPS) is 13.2. The van der Waals surface area contributed by atoms with Gasteiger partial charge in [0.1, 0.15) is 6.73 Å². The molecule has 4 nitrogen and oxygen atoms in total. The van der Waals surface area contributed by atoms with Crippen molar-refractivity contribution in [2.24, 2.45) is 5.73 Å². The molecule has 0 aliphatic carbocycles. The first-order valence-corrected chi connectivity index (χ1v) is 4.51. The molecule has 1 atom stereocenters. The maximum absolute atomic E-state index is 5.81. The molecule has 1 rings (SSSR count). The van der Waals surface area contributed by atoms with Crippen LogP contribution in [0.2, 0.25) is 0 Å². The van der Waals surface area contributed by atoms with Crippen molar-refractivity contribution in [3.63, 3.8) is 0 Å². The Morgan fingerprint density at radius 2 is 2.46 bits per heavy atom. The maximum atomic E-state index is 5.81. The Hall–Kier alpha value is -0.870. The topological polar surface area (TPSA) is 53.1 Å². The molecule has 1 aromatic heterocycles. The molecule has 0 spiro atoms. The predicted octanol–water partition coefficient (Wildman–Crippen LogP) is 0.767. The maximum Gasteiger partial charge on any atom is 0.123 e. The molecule has 0 saturated heterocycles. The Bertz CT molecular complexity index is 247. The summed E-state index contributed by atoms with van der Waals surface area (Å²) in [6, 6.07) is 0.214. The third-order valence-electron chi connectivity index (χ3n) is 1.96. The largest absolute Gasteiger partial charge is 0.364 e. The fourth-order valence-electron chi connectivity index (χ4n) is 1.14. The SMILES string of the molecule is CCC(N)Cc1cn(COC)cn1. The van der Waals surface area contributed by atoms with Gasteiger partial charge in [0, 0.05) is 25.8 Å². The van der Waals surface area contributed by atoms with E-state index >= 15 is 0 Å². The van der Waals surface area contributed by atoms with Gasteiger partial charge in [0.15, 0.2) is 0 Å². The molecule has 2 N–H and O–H groups in total. The molecule has 13 heavy (non-hydrogen) atoms. The van der Waals surface area contributed by atoms with Crippen molar-refractivity contribution in [2.45, 2.75) is 32.5 Å². The second-order valence-electron chi connectivity index (χ2n) is 3.17. The van der Waals surface area contributed by atoms with Crippen LogP contribution in [-0.2, 0) is 17.9 Å². The van der Waals surface area contributed by atoms with Crippen LogP contribution in [0.4, 0.5) is 0 Å². The molecule has 0 amide bonds. The Morgan fingerprint density at radius 1 is 1.69 bits per heavy atom. The van der Waals surface area contributed by atoms with Crippen molar-refractivity contribution in [1.82, 2.24) is 9.55 Å². The minimum absolute atomic E-state index is 0.214. The molecule has 0 bridgehead atoms. The summed E-state index contributed by atoms with van der Waals surface area (Å²) in [6.45, 7) is 2.63. The van der Waals surface area contributed by atoms with E-state index in [-0.39, 0.29) is 6.04 Å². The van der Waals surface area contributed by atoms with Crippen LogP contribution >= 0.6 is 0 Å². The molecule has 0 saturated carbocycles. The number of hydrogen-bond donors (Lipinski definition) is 1. The third kappa shape index (κ3) is 3.16. The molecule has 0 aliphatic heterocycles. The van der Waals surface area contributed by atoms with Crippen molar-refractivity contribution >= 4 is 0 Å². The highest BCUT2D eigenvalue weighted by Crippen LogP contribution is 2.01. The molecular weight excluding hydrogens is 166 g/mol. The highest BCUT2D eigenvalue weighted by atomic mass is 16.5. The quantitative estimate of drug-likeness (QED) is 0.733. The number of aromatic nitrogens is 2. The number of ether oxygens (including phenoxy) is 1. The Labute approximate surface area is 78.7 Å². The van der Waals surface area contributed by atoms with E-state index in [1.54, 1.807) is 13.4 Å². The standard InChI is InChI=1S/C9H17N3O/c1-3-8(10)4-9-5-12(6-11-9)7-13-2/h5-6,8H,3-4,7,10H2,1-2H3. The summed E-state index contributed by atoms with van der Waals surface area (Å²) in [5.74, 6) is 0. The van der Waals surface area contributed by atoms with E-state index in [0.29, 0.717) is 6.73 Å². The van der Waals surface area contributed by atoms with Gasteiger partial charge in [-0.15, -0.1) is 0 Å². The van der Waals surface area contributed by atoms with E-state index in [0.717, 1.165) is 18.5 Å². The predicted molar refractivity (Wildman–Crippen MR) is 51.2 cm³/mol. The second kappa shape index (κ2) is 4.99. The summed E-state index contributed by atoms with van der Waals surface area (Å²) >= 11 is 0. The zero-order valence-electron chi connectivity index (χ0n) is 8.23. The average molecular weight is 183 g/mol. The van der Waals surface area contributed by atoms with Crippen LogP contribution in [0.5, 0.6) is 0 Å². The molecule has 1 heterocycles. The van der Waals surface area contributed by atoms with Gasteiger partial charge in [0.25, 0.3) is 0 Å². The highest BCUT2D eigenvalue weighted by molar-refractivity contribution is 4.98. The minimum atomic E-state index is 0.214. The van der Waals surface area contributed by atoms with Crippen LogP contribution in [-0.4, -0.2) is 22.7 Å². The molecule has 0 aliphatic rings. The summed E-state index contributed by atoms with van der Waals surface area (Å²) < 4.78 is 6.86. The number of imidazole rings is 1. The molecule has 0 aromatic carbocycles. The van der Waals surface area contributed by atoms with Gasteiger partial charge in [-0.05, 0) is 6.42 Å². The highest BCUT2D eigenvalue weighted by Gasteiger charge is 2.03. The lowest BCUT2D eigenvalue weighted by Crippen LogP contribution is -2.21. The van der Waals surface area contributed by atoms with E-state index in [4.69, 9.17) is 10.5 Å². The van der Waals surface area contributed by atoms with Gasteiger partial charge in [0.2, 0.25) is 0 Å². The van der Waals surface area contributed by atoms with Crippen LogP contribution in [0.3, 0.4) is 0 Å². The smallest absolute Gasteiger partial charge is 0.123 e. The molecule has 1 aromatic rings. The Balaban J connectivity index is 2.48. The van der Waals surface area contributed by atoms with E-state index in [2.05, 4.69) is 11.9 Å². The number of nitrogens with two attached hydrogens (primary N) is 1. The van der Waals surface area contributed by atoms with E-state index in [9.17, 15) is 0 Å². The van der Waals surface area contributed by atoms with Crippen LogP contribution < -0.4 is 5.73 Å². The van der Waals surface area contributed by atoms with Crippen LogP contribution in [0.1, 0.15) is 19.0 Å². The summed E-state index contributed by atoms with van der Waals surface area (Å²) in [5.41, 5.74) is 6.84. The van der Waals surface area contributed by atoms with Gasteiger partial charge in [0.05, 0.1) is 12.0 Å². The first-order chi connectivity index (χ1) is 6.26. The Morgan fingerprint density at radius 3 is 3.08 bits per heavy atom. The van der Waals surface area contributed by atoms with Gasteiger partial charge in [-0.3, -0.25) is 0 Å². The van der Waals surface area contributed by atoms with Gasteiger partial charge >= 0.3 is 0 Å². The molecule has 0 fully saturated rings. The summed E-state index contributed by atoms with van der Waals surface area (Å²) in [4.78, 5) is 4.23. The number of nitrogens with zero attached hydrogens (tertiary/aromatic N) is 2. The van der Waals surface area contributed by atoms with Crippen molar-refractivity contribution in [1.29, 1.82) is 0 Å². The summed E-state index contributed by atoms with van der Waals surface area (Å²) in [5, 5.41) is 0. The van der Waals surface area contributed by atoms with Gasteiger partial charge < -0.3 is 15.0 Å². The van der Waals surface area contributed by atoms with E-state index in [1.165, 1.54) is 0 Å². The average Bonchev–Trinajstić information content (AvgIpc) is 2.53. The monoisotopic (exact) mass is 183 g/mol. The second-order valence-corrected chi connectivity index (χ2v) is 3.17. The number of hydrogen-bond acceptors (Lipinski definition) is 3. The van der Waals surface area contributed by atoms with Crippen molar-refractivity contribution in [3.05, 3.63) is 18.2 Å². The molecule has 4 heteroatoms. The van der Waals surface area contributed by atoms with Crippen molar-refractivity contribution in [3.8, 4) is 0 Å². The molecular formula is C9H17N3O. The lowest BCUT2D eigenvalue weighted by atomic mass is 10.1. The van der Waals surface area contributed by atoms with Crippen LogP contribution in [0, 0.1) is 0 Å². The third-order valence-corrected chi connectivity index (χ3v) is 1.96. The molecule has 0 radical (unpaired) electrons. The number of methoxy groups -OCH3 is 1. The van der Waals surface area contributed by atoms with E-state index < -0.39 is 0 Å². The van der Waals surface area contributed by atoms with Gasteiger partial charge in [-0.1, -0.05) is 6.92 Å². The molecule has 1 unspecified atom stereocenters. The van der Waals surface area contributed by atoms with E-state index in [1.807, 2.05) is 10.8 Å². The molecule has 74 valence electrons. The van der Waals surface area contributed by atoms with Crippen molar-refractivity contribution < 1.29 is 4.74 Å². The zero-order valence-corrected chi connectivity index (χ0v) is 8.23. The van der Waals surface area contributed by atoms with Crippen LogP contribution in [0.25, 0.3) is 0 Å². The Kier molecular flexibility index (Phi) is 3.92. The van der Waals surface area contributed by atoms with Crippen molar-refractivity contribution in [2.75, 3.05) is 7.11 Å².